The summed E-state index contributed by atoms with van der Waals surface area (Å²) in [7, 11) is 0. The molecule has 7 heteroatoms. The Labute approximate surface area is 194 Å². The molecule has 1 aliphatic rings. The molecule has 0 fully saturated rings. The van der Waals surface area contributed by atoms with Crippen LogP contribution < -0.4 is 10.6 Å². The molecule has 3 rings (SSSR count). The van der Waals surface area contributed by atoms with Crippen molar-refractivity contribution in [3.05, 3.63) is 59.7 Å². The van der Waals surface area contributed by atoms with Crippen LogP contribution in [0.15, 0.2) is 48.5 Å². The SMILES string of the molecule is CCC(C)(CNC(=O)C(C)CCNC(=O)OCC1c2ccccc2-c2ccccc21)C(=O)O. The number of ether oxygens (including phenoxy) is 1. The minimum absolute atomic E-state index is 0.00466. The Bertz CT molecular complexity index is 976. The number of rotatable bonds is 10. The topological polar surface area (TPSA) is 105 Å². The van der Waals surface area contributed by atoms with Gasteiger partial charge in [-0.15, -0.1) is 0 Å². The molecule has 7 nitrogen and oxygen atoms in total. The number of aliphatic carboxylic acids is 1. The molecular weight excluding hydrogens is 420 g/mol. The average Bonchev–Trinajstić information content (AvgIpc) is 3.14. The van der Waals surface area contributed by atoms with E-state index in [2.05, 4.69) is 34.9 Å². The number of amides is 2. The number of alkyl carbamates (subject to hydrolysis) is 1. The predicted molar refractivity (Wildman–Crippen MR) is 126 cm³/mol. The van der Waals surface area contributed by atoms with Gasteiger partial charge in [-0.05, 0) is 42.0 Å². The summed E-state index contributed by atoms with van der Waals surface area (Å²) in [4.78, 5) is 35.9. The van der Waals surface area contributed by atoms with Crippen molar-refractivity contribution in [2.24, 2.45) is 11.3 Å². The number of hydrogen-bond donors (Lipinski definition) is 3. The van der Waals surface area contributed by atoms with E-state index < -0.39 is 17.5 Å². The summed E-state index contributed by atoms with van der Waals surface area (Å²) in [5, 5.41) is 14.7. The molecule has 0 saturated carbocycles. The summed E-state index contributed by atoms with van der Waals surface area (Å²) in [6.45, 7) is 5.73. The van der Waals surface area contributed by atoms with Crippen LogP contribution in [0.1, 0.15) is 50.7 Å². The van der Waals surface area contributed by atoms with Gasteiger partial charge in [0.15, 0.2) is 0 Å². The quantitative estimate of drug-likeness (QED) is 0.502. The molecule has 33 heavy (non-hydrogen) atoms. The second-order valence-corrected chi connectivity index (χ2v) is 8.88. The fourth-order valence-electron chi connectivity index (χ4n) is 3.98. The lowest BCUT2D eigenvalue weighted by molar-refractivity contribution is -0.148. The summed E-state index contributed by atoms with van der Waals surface area (Å²) >= 11 is 0. The van der Waals surface area contributed by atoms with Crippen molar-refractivity contribution in [2.45, 2.75) is 39.5 Å². The van der Waals surface area contributed by atoms with Crippen molar-refractivity contribution in [3.63, 3.8) is 0 Å². The molecule has 2 amide bonds. The smallest absolute Gasteiger partial charge is 0.407 e. The van der Waals surface area contributed by atoms with E-state index in [9.17, 15) is 19.5 Å². The van der Waals surface area contributed by atoms with Gasteiger partial charge in [0.1, 0.15) is 6.61 Å². The van der Waals surface area contributed by atoms with Gasteiger partial charge in [0, 0.05) is 24.9 Å². The van der Waals surface area contributed by atoms with Gasteiger partial charge in [-0.1, -0.05) is 62.4 Å². The van der Waals surface area contributed by atoms with Gasteiger partial charge in [0.25, 0.3) is 0 Å². The molecule has 2 unspecified atom stereocenters. The standard InChI is InChI=1S/C26H32N2O5/c1-4-26(3,24(30)31)16-28-23(29)17(2)13-14-27-25(32)33-15-22-20-11-7-5-9-18(20)19-10-6-8-12-21(19)22/h5-12,17,22H,4,13-16H2,1-3H3,(H,27,32)(H,28,29)(H,30,31). The van der Waals surface area contributed by atoms with E-state index in [1.54, 1.807) is 20.8 Å². The monoisotopic (exact) mass is 452 g/mol. The zero-order valence-electron chi connectivity index (χ0n) is 19.4. The molecule has 0 spiro atoms. The van der Waals surface area contributed by atoms with E-state index in [1.807, 2.05) is 24.3 Å². The first-order valence-electron chi connectivity index (χ1n) is 11.4. The van der Waals surface area contributed by atoms with E-state index in [1.165, 1.54) is 11.1 Å². The molecule has 0 aromatic heterocycles. The summed E-state index contributed by atoms with van der Waals surface area (Å²) in [6.07, 6.45) is 0.320. The van der Waals surface area contributed by atoms with Gasteiger partial charge in [-0.2, -0.15) is 0 Å². The number of benzene rings is 2. The predicted octanol–water partition coefficient (Wildman–Crippen LogP) is 4.17. The maximum Gasteiger partial charge on any atom is 0.407 e. The van der Waals surface area contributed by atoms with E-state index in [-0.39, 0.29) is 37.4 Å². The highest BCUT2D eigenvalue weighted by Crippen LogP contribution is 2.44. The van der Waals surface area contributed by atoms with Crippen molar-refractivity contribution >= 4 is 18.0 Å². The molecule has 0 heterocycles. The third kappa shape index (κ3) is 5.53. The minimum atomic E-state index is -0.991. The van der Waals surface area contributed by atoms with Crippen LogP contribution in [0.2, 0.25) is 0 Å². The van der Waals surface area contributed by atoms with Crippen LogP contribution in [-0.2, 0) is 14.3 Å². The van der Waals surface area contributed by atoms with Crippen molar-refractivity contribution in [1.29, 1.82) is 0 Å². The largest absolute Gasteiger partial charge is 0.481 e. The van der Waals surface area contributed by atoms with Crippen LogP contribution in [0.4, 0.5) is 4.79 Å². The fourth-order valence-corrected chi connectivity index (χ4v) is 3.98. The summed E-state index contributed by atoms with van der Waals surface area (Å²) in [6, 6.07) is 16.3. The number of fused-ring (bicyclic) bond motifs is 3. The van der Waals surface area contributed by atoms with Crippen LogP contribution in [0, 0.1) is 11.3 Å². The van der Waals surface area contributed by atoms with Crippen molar-refractivity contribution < 1.29 is 24.2 Å². The number of nitrogens with one attached hydrogen (secondary N) is 2. The van der Waals surface area contributed by atoms with Crippen molar-refractivity contribution in [3.8, 4) is 11.1 Å². The van der Waals surface area contributed by atoms with Crippen molar-refractivity contribution in [1.82, 2.24) is 10.6 Å². The Morgan fingerprint density at radius 2 is 1.61 bits per heavy atom. The van der Waals surface area contributed by atoms with E-state index in [4.69, 9.17) is 4.74 Å². The second-order valence-electron chi connectivity index (χ2n) is 8.88. The number of carbonyl (C=O) groups excluding carboxylic acids is 2. The average molecular weight is 453 g/mol. The van der Waals surface area contributed by atoms with Crippen LogP contribution in [0.5, 0.6) is 0 Å². The highest BCUT2D eigenvalue weighted by atomic mass is 16.5. The first-order chi connectivity index (χ1) is 15.8. The minimum Gasteiger partial charge on any atom is -0.481 e. The Hall–Kier alpha value is -3.35. The molecule has 3 N–H and O–H groups in total. The first kappa shape index (κ1) is 24.3. The second kappa shape index (κ2) is 10.5. The van der Waals surface area contributed by atoms with E-state index in [0.717, 1.165) is 11.1 Å². The maximum atomic E-state index is 12.3. The van der Waals surface area contributed by atoms with Crippen LogP contribution >= 0.6 is 0 Å². The van der Waals surface area contributed by atoms with Gasteiger partial charge < -0.3 is 20.5 Å². The molecule has 0 saturated heterocycles. The number of carboxylic acids is 1. The Balaban J connectivity index is 1.44. The van der Waals surface area contributed by atoms with E-state index in [0.29, 0.717) is 12.8 Å². The molecule has 2 aromatic carbocycles. The maximum absolute atomic E-state index is 12.3. The third-order valence-corrected chi connectivity index (χ3v) is 6.59. The van der Waals surface area contributed by atoms with Crippen LogP contribution in [0.25, 0.3) is 11.1 Å². The lowest BCUT2D eigenvalue weighted by atomic mass is 9.87. The lowest BCUT2D eigenvalue weighted by Gasteiger charge is -2.24. The summed E-state index contributed by atoms with van der Waals surface area (Å²) < 4.78 is 5.50. The normalized spacial score (nSPS) is 15.0. The zero-order chi connectivity index (χ0) is 24.0. The summed E-state index contributed by atoms with van der Waals surface area (Å²) in [5.41, 5.74) is 3.65. The van der Waals surface area contributed by atoms with Gasteiger partial charge >= 0.3 is 12.1 Å². The first-order valence-corrected chi connectivity index (χ1v) is 11.4. The van der Waals surface area contributed by atoms with Crippen LogP contribution in [-0.4, -0.2) is 42.8 Å². The molecule has 2 atom stereocenters. The molecular formula is C26H32N2O5. The molecule has 2 aromatic rings. The third-order valence-electron chi connectivity index (χ3n) is 6.59. The number of hydrogen-bond acceptors (Lipinski definition) is 4. The van der Waals surface area contributed by atoms with Crippen molar-refractivity contribution in [2.75, 3.05) is 19.7 Å². The highest BCUT2D eigenvalue weighted by molar-refractivity contribution is 5.81. The Morgan fingerprint density at radius 3 is 2.15 bits per heavy atom. The highest BCUT2D eigenvalue weighted by Gasteiger charge is 2.32. The van der Waals surface area contributed by atoms with Gasteiger partial charge in [0.2, 0.25) is 5.91 Å². The van der Waals surface area contributed by atoms with Gasteiger partial charge in [-0.3, -0.25) is 9.59 Å². The zero-order valence-corrected chi connectivity index (χ0v) is 19.4. The number of carbonyl (C=O) groups is 3. The molecule has 0 radical (unpaired) electrons. The Kier molecular flexibility index (Phi) is 7.74. The molecule has 0 aliphatic heterocycles. The fraction of sp³-hybridized carbons (Fsp3) is 0.423. The Morgan fingerprint density at radius 1 is 1.03 bits per heavy atom. The molecule has 0 bridgehead atoms. The van der Waals surface area contributed by atoms with Crippen LogP contribution in [0.3, 0.4) is 0 Å². The number of carboxylic acid groups (broad SMARTS) is 1. The molecule has 176 valence electrons. The van der Waals surface area contributed by atoms with Gasteiger partial charge in [-0.25, -0.2) is 4.79 Å². The lowest BCUT2D eigenvalue weighted by Crippen LogP contribution is -2.42. The summed E-state index contributed by atoms with van der Waals surface area (Å²) in [5.74, 6) is -1.54. The molecule has 1 aliphatic carbocycles. The van der Waals surface area contributed by atoms with Gasteiger partial charge in [0.05, 0.1) is 5.41 Å². The van der Waals surface area contributed by atoms with E-state index >= 15 is 0 Å².